The third-order valence-electron chi connectivity index (χ3n) is 4.87. The van der Waals surface area contributed by atoms with Gasteiger partial charge in [0.05, 0.1) is 11.6 Å². The van der Waals surface area contributed by atoms with Crippen LogP contribution in [0.4, 0.5) is 10.5 Å². The first-order valence-corrected chi connectivity index (χ1v) is 9.18. The van der Waals surface area contributed by atoms with E-state index in [4.69, 9.17) is 9.78 Å². The Morgan fingerprint density at radius 2 is 1.82 bits per heavy atom. The van der Waals surface area contributed by atoms with Crippen molar-refractivity contribution >= 4 is 11.7 Å². The van der Waals surface area contributed by atoms with Crippen molar-refractivity contribution in [1.29, 1.82) is 5.26 Å². The van der Waals surface area contributed by atoms with E-state index in [0.717, 1.165) is 18.4 Å². The average Bonchev–Trinajstić information content (AvgIpc) is 3.25. The minimum Gasteiger partial charge on any atom is -0.339 e. The Morgan fingerprint density at radius 3 is 2.50 bits per heavy atom. The molecule has 0 aliphatic carbocycles. The monoisotopic (exact) mass is 373 g/mol. The van der Waals surface area contributed by atoms with E-state index in [1.807, 2.05) is 30.3 Å². The predicted molar refractivity (Wildman–Crippen MR) is 103 cm³/mol. The normalized spacial score (nSPS) is 14.5. The molecule has 1 aliphatic rings. The van der Waals surface area contributed by atoms with E-state index >= 15 is 0 Å². The summed E-state index contributed by atoms with van der Waals surface area (Å²) in [4.78, 5) is 18.8. The summed E-state index contributed by atoms with van der Waals surface area (Å²) in [5.41, 5.74) is 2.17. The van der Waals surface area contributed by atoms with Crippen LogP contribution < -0.4 is 5.32 Å². The Hall–Kier alpha value is -3.66. The number of hydrogen-bond acceptors (Lipinski definition) is 5. The molecular formula is C21H19N5O2. The van der Waals surface area contributed by atoms with Gasteiger partial charge in [-0.15, -0.1) is 0 Å². The van der Waals surface area contributed by atoms with E-state index < -0.39 is 0 Å². The third-order valence-corrected chi connectivity index (χ3v) is 4.87. The minimum atomic E-state index is -0.140. The van der Waals surface area contributed by atoms with E-state index in [9.17, 15) is 4.79 Å². The van der Waals surface area contributed by atoms with Crippen molar-refractivity contribution in [2.75, 3.05) is 18.4 Å². The van der Waals surface area contributed by atoms with E-state index in [1.165, 1.54) is 0 Å². The number of anilines is 1. The van der Waals surface area contributed by atoms with Gasteiger partial charge >= 0.3 is 6.03 Å². The summed E-state index contributed by atoms with van der Waals surface area (Å²) in [6.07, 6.45) is 1.55. The molecule has 7 nitrogen and oxygen atoms in total. The molecule has 2 aromatic carbocycles. The zero-order chi connectivity index (χ0) is 19.3. The van der Waals surface area contributed by atoms with Gasteiger partial charge in [0.1, 0.15) is 0 Å². The molecule has 1 fully saturated rings. The van der Waals surface area contributed by atoms with Crippen molar-refractivity contribution in [3.63, 3.8) is 0 Å². The van der Waals surface area contributed by atoms with Gasteiger partial charge in [-0.2, -0.15) is 10.2 Å². The van der Waals surface area contributed by atoms with Gasteiger partial charge in [0.15, 0.2) is 0 Å². The Balaban J connectivity index is 1.33. The molecule has 1 N–H and O–H groups in total. The largest absolute Gasteiger partial charge is 0.339 e. The lowest BCUT2D eigenvalue weighted by atomic mass is 9.97. The molecule has 28 heavy (non-hydrogen) atoms. The summed E-state index contributed by atoms with van der Waals surface area (Å²) in [7, 11) is 0. The summed E-state index contributed by atoms with van der Waals surface area (Å²) < 4.78 is 5.47. The van der Waals surface area contributed by atoms with Gasteiger partial charge < -0.3 is 14.7 Å². The molecule has 140 valence electrons. The molecule has 0 spiro atoms. The lowest BCUT2D eigenvalue weighted by Gasteiger charge is -2.30. The Labute approximate surface area is 162 Å². The molecule has 3 aromatic rings. The molecule has 0 unspecified atom stereocenters. The Bertz CT molecular complexity index is 984. The standard InChI is InChI=1S/C21H19N5O2/c22-14-15-6-8-18(9-7-15)23-21(27)26-12-10-17(11-13-26)20-24-19(25-28-20)16-4-2-1-3-5-16/h1-9,17H,10-13H2,(H,23,27). The number of aromatic nitrogens is 2. The number of carbonyl (C=O) groups excluding carboxylic acids is 1. The molecule has 2 amide bonds. The lowest BCUT2D eigenvalue weighted by Crippen LogP contribution is -2.40. The molecule has 0 atom stereocenters. The quantitative estimate of drug-likeness (QED) is 0.748. The topological polar surface area (TPSA) is 95.1 Å². The molecule has 2 heterocycles. The van der Waals surface area contributed by atoms with E-state index in [1.54, 1.807) is 29.2 Å². The first kappa shape index (κ1) is 17.7. The fourth-order valence-electron chi connectivity index (χ4n) is 3.27. The maximum absolute atomic E-state index is 12.5. The average molecular weight is 373 g/mol. The smallest absolute Gasteiger partial charge is 0.321 e. The van der Waals surface area contributed by atoms with Crippen molar-refractivity contribution in [1.82, 2.24) is 15.0 Å². The second-order valence-electron chi connectivity index (χ2n) is 6.70. The highest BCUT2D eigenvalue weighted by Gasteiger charge is 2.27. The zero-order valence-electron chi connectivity index (χ0n) is 15.2. The highest BCUT2D eigenvalue weighted by atomic mass is 16.5. The van der Waals surface area contributed by atoms with Crippen molar-refractivity contribution in [3.8, 4) is 17.5 Å². The molecule has 0 radical (unpaired) electrons. The number of rotatable bonds is 3. The predicted octanol–water partition coefficient (Wildman–Crippen LogP) is 4.02. The van der Waals surface area contributed by atoms with Crippen LogP contribution in [0.3, 0.4) is 0 Å². The maximum Gasteiger partial charge on any atom is 0.321 e. The van der Waals surface area contributed by atoms with Crippen LogP contribution in [0.1, 0.15) is 30.2 Å². The number of piperidine rings is 1. The molecule has 4 rings (SSSR count). The van der Waals surface area contributed by atoms with Crippen molar-refractivity contribution in [3.05, 3.63) is 66.1 Å². The van der Waals surface area contributed by atoms with Crippen LogP contribution >= 0.6 is 0 Å². The van der Waals surface area contributed by atoms with Crippen molar-refractivity contribution in [2.45, 2.75) is 18.8 Å². The summed E-state index contributed by atoms with van der Waals surface area (Å²) in [6, 6.07) is 18.5. The summed E-state index contributed by atoms with van der Waals surface area (Å²) >= 11 is 0. The summed E-state index contributed by atoms with van der Waals surface area (Å²) in [5.74, 6) is 1.38. The highest BCUT2D eigenvalue weighted by molar-refractivity contribution is 5.89. The first-order valence-electron chi connectivity index (χ1n) is 9.18. The second kappa shape index (κ2) is 7.92. The number of likely N-dealkylation sites (tertiary alicyclic amines) is 1. The number of nitrogens with one attached hydrogen (secondary N) is 1. The number of carbonyl (C=O) groups is 1. The van der Waals surface area contributed by atoms with Crippen LogP contribution in [0, 0.1) is 11.3 Å². The number of benzene rings is 2. The van der Waals surface area contributed by atoms with E-state index in [-0.39, 0.29) is 11.9 Å². The van der Waals surface area contributed by atoms with Gasteiger partial charge in [-0.1, -0.05) is 35.5 Å². The number of amides is 2. The molecule has 0 bridgehead atoms. The summed E-state index contributed by atoms with van der Waals surface area (Å²) in [5, 5.41) is 15.8. The van der Waals surface area contributed by atoms with Crippen LogP contribution in [-0.2, 0) is 0 Å². The van der Waals surface area contributed by atoms with Crippen LogP contribution in [0.25, 0.3) is 11.4 Å². The van der Waals surface area contributed by atoms with Crippen LogP contribution in [0.15, 0.2) is 59.1 Å². The van der Waals surface area contributed by atoms with Crippen LogP contribution in [0.2, 0.25) is 0 Å². The summed E-state index contributed by atoms with van der Waals surface area (Å²) in [6.45, 7) is 1.24. The first-order chi connectivity index (χ1) is 13.7. The zero-order valence-corrected chi connectivity index (χ0v) is 15.2. The second-order valence-corrected chi connectivity index (χ2v) is 6.70. The Morgan fingerprint density at radius 1 is 1.11 bits per heavy atom. The fourth-order valence-corrected chi connectivity index (χ4v) is 3.27. The van der Waals surface area contributed by atoms with Gasteiger partial charge in [0.25, 0.3) is 0 Å². The van der Waals surface area contributed by atoms with Gasteiger partial charge in [-0.25, -0.2) is 4.79 Å². The fraction of sp³-hybridized carbons (Fsp3) is 0.238. The third kappa shape index (κ3) is 3.86. The number of hydrogen-bond donors (Lipinski definition) is 1. The Kier molecular flexibility index (Phi) is 5.02. The van der Waals surface area contributed by atoms with Gasteiger partial charge in [-0.3, -0.25) is 0 Å². The highest BCUT2D eigenvalue weighted by Crippen LogP contribution is 2.28. The molecule has 1 aliphatic heterocycles. The van der Waals surface area contributed by atoms with Gasteiger partial charge in [-0.05, 0) is 37.1 Å². The molecule has 0 saturated carbocycles. The van der Waals surface area contributed by atoms with Gasteiger partial charge in [0.2, 0.25) is 11.7 Å². The van der Waals surface area contributed by atoms with Crippen LogP contribution in [0.5, 0.6) is 0 Å². The molecular weight excluding hydrogens is 354 g/mol. The van der Waals surface area contributed by atoms with Crippen molar-refractivity contribution in [2.24, 2.45) is 0 Å². The van der Waals surface area contributed by atoms with Gasteiger partial charge in [0, 0.05) is 30.3 Å². The molecule has 1 aromatic heterocycles. The minimum absolute atomic E-state index is 0.140. The molecule has 1 saturated heterocycles. The van der Waals surface area contributed by atoms with Crippen molar-refractivity contribution < 1.29 is 9.32 Å². The number of nitriles is 1. The lowest BCUT2D eigenvalue weighted by molar-refractivity contribution is 0.187. The maximum atomic E-state index is 12.5. The van der Waals surface area contributed by atoms with E-state index in [0.29, 0.717) is 36.1 Å². The number of nitrogens with zero attached hydrogens (tertiary/aromatic N) is 4. The molecule has 7 heteroatoms. The van der Waals surface area contributed by atoms with E-state index in [2.05, 4.69) is 21.5 Å². The number of urea groups is 1. The SMILES string of the molecule is N#Cc1ccc(NC(=O)N2CCC(c3nc(-c4ccccc4)no3)CC2)cc1. The van der Waals surface area contributed by atoms with Crippen LogP contribution in [-0.4, -0.2) is 34.2 Å².